The van der Waals surface area contributed by atoms with E-state index in [1.165, 1.54) is 6.42 Å². The van der Waals surface area contributed by atoms with Crippen molar-refractivity contribution >= 4 is 26.0 Å². The standard InChI is InChI=1S/C14H20BrNO2S/c1-11-2-3-13(8-11)10-16-19(17,18)14-6-4-12(9-15)5-7-14/h4-7,11,13,16H,2-3,8-10H2,1H3. The molecule has 106 valence electrons. The van der Waals surface area contributed by atoms with Gasteiger partial charge in [0.05, 0.1) is 4.90 Å². The van der Waals surface area contributed by atoms with Gasteiger partial charge in [-0.2, -0.15) is 0 Å². The molecule has 2 atom stereocenters. The van der Waals surface area contributed by atoms with Gasteiger partial charge < -0.3 is 0 Å². The van der Waals surface area contributed by atoms with Crippen LogP contribution in [0.25, 0.3) is 0 Å². The maximum absolute atomic E-state index is 12.1. The van der Waals surface area contributed by atoms with E-state index >= 15 is 0 Å². The second kappa shape index (κ2) is 6.37. The fourth-order valence-corrected chi connectivity index (χ4v) is 4.07. The second-order valence-corrected chi connectivity index (χ2v) is 7.74. The Morgan fingerprint density at radius 2 is 1.95 bits per heavy atom. The molecule has 1 saturated carbocycles. The maximum Gasteiger partial charge on any atom is 0.240 e. The number of hydrogen-bond acceptors (Lipinski definition) is 2. The van der Waals surface area contributed by atoms with E-state index in [4.69, 9.17) is 0 Å². The minimum absolute atomic E-state index is 0.350. The first kappa shape index (κ1) is 15.0. The van der Waals surface area contributed by atoms with Crippen LogP contribution in [-0.2, 0) is 15.4 Å². The van der Waals surface area contributed by atoms with Crippen molar-refractivity contribution in [3.8, 4) is 0 Å². The van der Waals surface area contributed by atoms with E-state index in [0.717, 1.165) is 29.7 Å². The lowest BCUT2D eigenvalue weighted by Crippen LogP contribution is -2.28. The van der Waals surface area contributed by atoms with Crippen molar-refractivity contribution in [3.63, 3.8) is 0 Å². The van der Waals surface area contributed by atoms with Crippen LogP contribution < -0.4 is 4.72 Å². The molecular weight excluding hydrogens is 326 g/mol. The van der Waals surface area contributed by atoms with Crippen LogP contribution in [0.2, 0.25) is 0 Å². The normalized spacial score (nSPS) is 23.7. The molecule has 0 heterocycles. The van der Waals surface area contributed by atoms with Crippen LogP contribution in [0.3, 0.4) is 0 Å². The van der Waals surface area contributed by atoms with Crippen molar-refractivity contribution in [2.75, 3.05) is 6.54 Å². The molecule has 1 aliphatic carbocycles. The van der Waals surface area contributed by atoms with Gasteiger partial charge in [0.1, 0.15) is 0 Å². The van der Waals surface area contributed by atoms with Gasteiger partial charge in [-0.3, -0.25) is 0 Å². The molecule has 2 rings (SSSR count). The Labute approximate surface area is 124 Å². The monoisotopic (exact) mass is 345 g/mol. The number of alkyl halides is 1. The molecule has 5 heteroatoms. The van der Waals surface area contributed by atoms with Crippen molar-refractivity contribution in [2.45, 2.75) is 36.4 Å². The predicted molar refractivity (Wildman–Crippen MR) is 80.8 cm³/mol. The predicted octanol–water partition coefficient (Wildman–Crippen LogP) is 3.30. The van der Waals surface area contributed by atoms with Gasteiger partial charge in [0.15, 0.2) is 0 Å². The summed E-state index contributed by atoms with van der Waals surface area (Å²) in [6.45, 7) is 2.79. The van der Waals surface area contributed by atoms with Gasteiger partial charge in [0.2, 0.25) is 10.0 Å². The Hall–Kier alpha value is -0.390. The van der Waals surface area contributed by atoms with Crippen LogP contribution in [0.4, 0.5) is 0 Å². The smallest absolute Gasteiger partial charge is 0.211 e. The van der Waals surface area contributed by atoms with Crippen LogP contribution in [0.1, 0.15) is 31.7 Å². The average Bonchev–Trinajstić information content (AvgIpc) is 2.82. The van der Waals surface area contributed by atoms with Gasteiger partial charge in [0.25, 0.3) is 0 Å². The Morgan fingerprint density at radius 3 is 2.47 bits per heavy atom. The van der Waals surface area contributed by atoms with E-state index in [2.05, 4.69) is 27.6 Å². The van der Waals surface area contributed by atoms with Crippen LogP contribution in [0.5, 0.6) is 0 Å². The van der Waals surface area contributed by atoms with Crippen LogP contribution in [0.15, 0.2) is 29.2 Å². The third-order valence-electron chi connectivity index (χ3n) is 3.75. The van der Waals surface area contributed by atoms with E-state index in [1.807, 2.05) is 12.1 Å². The molecule has 1 aromatic rings. The molecular formula is C14H20BrNO2S. The molecule has 0 spiro atoms. The van der Waals surface area contributed by atoms with Gasteiger partial charge in [-0.25, -0.2) is 13.1 Å². The van der Waals surface area contributed by atoms with Crippen molar-refractivity contribution in [1.29, 1.82) is 0 Å². The first-order chi connectivity index (χ1) is 9.01. The summed E-state index contributed by atoms with van der Waals surface area (Å²) in [5.41, 5.74) is 1.07. The van der Waals surface area contributed by atoms with Crippen molar-refractivity contribution in [3.05, 3.63) is 29.8 Å². The number of rotatable bonds is 5. The van der Waals surface area contributed by atoms with Crippen molar-refractivity contribution in [2.24, 2.45) is 11.8 Å². The van der Waals surface area contributed by atoms with E-state index in [-0.39, 0.29) is 0 Å². The van der Waals surface area contributed by atoms with Crippen LogP contribution in [-0.4, -0.2) is 15.0 Å². The third-order valence-corrected chi connectivity index (χ3v) is 5.84. The maximum atomic E-state index is 12.1. The molecule has 19 heavy (non-hydrogen) atoms. The Bertz CT molecular complexity index is 513. The Balaban J connectivity index is 1.97. The molecule has 1 fully saturated rings. The zero-order chi connectivity index (χ0) is 13.9. The molecule has 0 aliphatic heterocycles. The third kappa shape index (κ3) is 4.04. The summed E-state index contributed by atoms with van der Waals surface area (Å²) in [5, 5.41) is 0.737. The summed E-state index contributed by atoms with van der Waals surface area (Å²) < 4.78 is 27.0. The van der Waals surface area contributed by atoms with Gasteiger partial charge in [-0.15, -0.1) is 0 Å². The average molecular weight is 346 g/mol. The zero-order valence-corrected chi connectivity index (χ0v) is 13.5. The van der Waals surface area contributed by atoms with Gasteiger partial charge >= 0.3 is 0 Å². The summed E-state index contributed by atoms with van der Waals surface area (Å²) in [6.07, 6.45) is 3.48. The zero-order valence-electron chi connectivity index (χ0n) is 11.1. The number of halogens is 1. The van der Waals surface area contributed by atoms with E-state index < -0.39 is 10.0 Å². The highest BCUT2D eigenvalue weighted by Crippen LogP contribution is 2.29. The second-order valence-electron chi connectivity index (χ2n) is 5.41. The van der Waals surface area contributed by atoms with E-state index in [1.54, 1.807) is 12.1 Å². The first-order valence-electron chi connectivity index (χ1n) is 6.66. The molecule has 0 radical (unpaired) electrons. The van der Waals surface area contributed by atoms with E-state index in [0.29, 0.717) is 17.4 Å². The lowest BCUT2D eigenvalue weighted by Gasteiger charge is -2.12. The lowest BCUT2D eigenvalue weighted by atomic mass is 10.1. The Morgan fingerprint density at radius 1 is 1.26 bits per heavy atom. The highest BCUT2D eigenvalue weighted by atomic mass is 79.9. The number of benzene rings is 1. The van der Waals surface area contributed by atoms with Gasteiger partial charge in [-0.1, -0.05) is 41.4 Å². The molecule has 1 aliphatic rings. The fraction of sp³-hybridized carbons (Fsp3) is 0.571. The number of hydrogen-bond donors (Lipinski definition) is 1. The number of nitrogens with one attached hydrogen (secondary N) is 1. The minimum atomic E-state index is -3.36. The molecule has 0 aromatic heterocycles. The summed E-state index contributed by atoms with van der Waals surface area (Å²) in [7, 11) is -3.36. The summed E-state index contributed by atoms with van der Waals surface area (Å²) in [4.78, 5) is 0.350. The lowest BCUT2D eigenvalue weighted by molar-refractivity contribution is 0.498. The molecule has 0 amide bonds. The summed E-state index contributed by atoms with van der Waals surface area (Å²) >= 11 is 3.35. The summed E-state index contributed by atoms with van der Waals surface area (Å²) in [5.74, 6) is 1.22. The molecule has 0 saturated heterocycles. The molecule has 0 bridgehead atoms. The molecule has 1 N–H and O–H groups in total. The molecule has 3 nitrogen and oxygen atoms in total. The van der Waals surface area contributed by atoms with E-state index in [9.17, 15) is 8.42 Å². The largest absolute Gasteiger partial charge is 0.240 e. The van der Waals surface area contributed by atoms with Crippen LogP contribution >= 0.6 is 15.9 Å². The SMILES string of the molecule is CC1CCC(CNS(=O)(=O)c2ccc(CBr)cc2)C1. The highest BCUT2D eigenvalue weighted by molar-refractivity contribution is 9.08. The fourth-order valence-electron chi connectivity index (χ4n) is 2.58. The van der Waals surface area contributed by atoms with Crippen LogP contribution in [0, 0.1) is 11.8 Å². The molecule has 1 aromatic carbocycles. The first-order valence-corrected chi connectivity index (χ1v) is 9.26. The van der Waals surface area contributed by atoms with Crippen molar-refractivity contribution in [1.82, 2.24) is 4.72 Å². The number of sulfonamides is 1. The minimum Gasteiger partial charge on any atom is -0.211 e. The Kier molecular flexibility index (Phi) is 5.03. The quantitative estimate of drug-likeness (QED) is 0.832. The highest BCUT2D eigenvalue weighted by Gasteiger charge is 2.23. The van der Waals surface area contributed by atoms with Gasteiger partial charge in [0, 0.05) is 11.9 Å². The summed E-state index contributed by atoms with van der Waals surface area (Å²) in [6, 6.07) is 6.99. The topological polar surface area (TPSA) is 46.2 Å². The molecule has 2 unspecified atom stereocenters. The van der Waals surface area contributed by atoms with Crippen molar-refractivity contribution < 1.29 is 8.42 Å². The van der Waals surface area contributed by atoms with Gasteiger partial charge in [-0.05, 0) is 42.4 Å².